The zero-order chi connectivity index (χ0) is 14.9. The molecule has 0 bridgehead atoms. The van der Waals surface area contributed by atoms with Crippen molar-refractivity contribution in [3.63, 3.8) is 0 Å². The second kappa shape index (κ2) is 5.25. The summed E-state index contributed by atoms with van der Waals surface area (Å²) in [5.41, 5.74) is 0.981. The van der Waals surface area contributed by atoms with Gasteiger partial charge in [0.1, 0.15) is 11.2 Å². The highest BCUT2D eigenvalue weighted by molar-refractivity contribution is 5.88. The summed E-state index contributed by atoms with van der Waals surface area (Å²) in [4.78, 5) is 18.7. The molecule has 2 aromatic heterocycles. The Morgan fingerprint density at radius 2 is 2.10 bits per heavy atom. The van der Waals surface area contributed by atoms with E-state index in [1.807, 2.05) is 58.0 Å². The first-order valence-corrected chi connectivity index (χ1v) is 6.61. The summed E-state index contributed by atoms with van der Waals surface area (Å²) in [5.74, 6) is 0. The van der Waals surface area contributed by atoms with Crippen LogP contribution >= 0.6 is 0 Å². The van der Waals surface area contributed by atoms with Gasteiger partial charge in [-0.25, -0.2) is 14.3 Å². The maximum absolute atomic E-state index is 12.4. The molecule has 2 aromatic rings. The molecule has 0 spiro atoms. The zero-order valence-corrected chi connectivity index (χ0v) is 12.7. The fraction of sp³-hybridized carbons (Fsp3) is 0.467. The van der Waals surface area contributed by atoms with Crippen molar-refractivity contribution in [3.8, 4) is 0 Å². The lowest BCUT2D eigenvalue weighted by molar-refractivity contribution is 0.0537. The number of ether oxygens (including phenoxy) is 1. The molecule has 0 N–H and O–H groups in total. The van der Waals surface area contributed by atoms with Crippen molar-refractivity contribution in [2.24, 2.45) is 0 Å². The van der Waals surface area contributed by atoms with Crippen LogP contribution in [-0.4, -0.2) is 40.2 Å². The SMILES string of the molecule is CN(C)Cc1cc2cccnc2n1C(=O)OC(C)(C)C. The minimum atomic E-state index is -0.530. The first-order valence-electron chi connectivity index (χ1n) is 6.61. The lowest BCUT2D eigenvalue weighted by Crippen LogP contribution is -2.29. The van der Waals surface area contributed by atoms with Crippen LogP contribution in [0, 0.1) is 0 Å². The van der Waals surface area contributed by atoms with Gasteiger partial charge in [0, 0.05) is 23.8 Å². The van der Waals surface area contributed by atoms with Crippen molar-refractivity contribution < 1.29 is 9.53 Å². The predicted molar refractivity (Wildman–Crippen MR) is 78.8 cm³/mol. The molecule has 0 saturated heterocycles. The van der Waals surface area contributed by atoms with Crippen LogP contribution in [0.3, 0.4) is 0 Å². The lowest BCUT2D eigenvalue weighted by atomic mass is 10.2. The Labute approximate surface area is 119 Å². The van der Waals surface area contributed by atoms with Crippen molar-refractivity contribution in [1.82, 2.24) is 14.5 Å². The predicted octanol–water partition coefficient (Wildman–Crippen LogP) is 2.88. The normalized spacial score (nSPS) is 12.1. The molecule has 0 unspecified atom stereocenters. The van der Waals surface area contributed by atoms with Crippen LogP contribution in [0.2, 0.25) is 0 Å². The molecular formula is C15H21N3O2. The molecule has 0 radical (unpaired) electrons. The van der Waals surface area contributed by atoms with E-state index in [0.29, 0.717) is 12.2 Å². The van der Waals surface area contributed by atoms with Gasteiger partial charge in [-0.15, -0.1) is 0 Å². The fourth-order valence-corrected chi connectivity index (χ4v) is 2.04. The first kappa shape index (κ1) is 14.5. The molecule has 0 aromatic carbocycles. The van der Waals surface area contributed by atoms with Gasteiger partial charge in [-0.2, -0.15) is 0 Å². The van der Waals surface area contributed by atoms with Crippen LogP contribution in [-0.2, 0) is 11.3 Å². The monoisotopic (exact) mass is 275 g/mol. The van der Waals surface area contributed by atoms with E-state index >= 15 is 0 Å². The quantitative estimate of drug-likeness (QED) is 0.845. The average molecular weight is 275 g/mol. The molecule has 0 saturated carbocycles. The van der Waals surface area contributed by atoms with Crippen molar-refractivity contribution in [3.05, 3.63) is 30.1 Å². The molecular weight excluding hydrogens is 254 g/mol. The Kier molecular flexibility index (Phi) is 3.81. The third kappa shape index (κ3) is 3.17. The standard InChI is InChI=1S/C15H21N3O2/c1-15(2,3)20-14(19)18-12(10-17(4)5)9-11-7-6-8-16-13(11)18/h6-9H,10H2,1-5H3. The van der Waals surface area contributed by atoms with E-state index in [1.165, 1.54) is 0 Å². The number of fused-ring (bicyclic) bond motifs is 1. The summed E-state index contributed by atoms with van der Waals surface area (Å²) in [7, 11) is 3.93. The Bertz CT molecular complexity index is 624. The van der Waals surface area contributed by atoms with Gasteiger partial charge in [0.25, 0.3) is 0 Å². The molecule has 0 aliphatic heterocycles. The minimum Gasteiger partial charge on any atom is -0.443 e. The van der Waals surface area contributed by atoms with Gasteiger partial charge in [-0.3, -0.25) is 0 Å². The topological polar surface area (TPSA) is 47.4 Å². The van der Waals surface area contributed by atoms with Gasteiger partial charge in [0.2, 0.25) is 0 Å². The second-order valence-corrected chi connectivity index (χ2v) is 6.11. The number of carbonyl (C=O) groups excluding carboxylic acids is 1. The number of rotatable bonds is 2. The average Bonchev–Trinajstić information content (AvgIpc) is 2.63. The number of nitrogens with zero attached hydrogens (tertiary/aromatic N) is 3. The zero-order valence-electron chi connectivity index (χ0n) is 12.7. The number of aromatic nitrogens is 2. The summed E-state index contributed by atoms with van der Waals surface area (Å²) in [5, 5.41) is 0.940. The van der Waals surface area contributed by atoms with Crippen LogP contribution in [0.4, 0.5) is 4.79 Å². The van der Waals surface area contributed by atoms with Crippen molar-refractivity contribution >= 4 is 17.1 Å². The lowest BCUT2D eigenvalue weighted by Gasteiger charge is -2.21. The van der Waals surface area contributed by atoms with E-state index in [9.17, 15) is 4.79 Å². The second-order valence-electron chi connectivity index (χ2n) is 6.11. The minimum absolute atomic E-state index is 0.386. The van der Waals surface area contributed by atoms with Crippen molar-refractivity contribution in [1.29, 1.82) is 0 Å². The van der Waals surface area contributed by atoms with E-state index in [0.717, 1.165) is 11.1 Å². The first-order chi connectivity index (χ1) is 9.28. The molecule has 0 atom stereocenters. The Morgan fingerprint density at radius 3 is 2.70 bits per heavy atom. The van der Waals surface area contributed by atoms with E-state index < -0.39 is 5.60 Å². The Balaban J connectivity index is 2.50. The highest BCUT2D eigenvalue weighted by Gasteiger charge is 2.22. The van der Waals surface area contributed by atoms with Crippen LogP contribution in [0.25, 0.3) is 11.0 Å². The van der Waals surface area contributed by atoms with Crippen LogP contribution in [0.1, 0.15) is 26.5 Å². The molecule has 0 aliphatic rings. The molecule has 5 heteroatoms. The van der Waals surface area contributed by atoms with Crippen LogP contribution in [0.5, 0.6) is 0 Å². The smallest absolute Gasteiger partial charge is 0.420 e. The van der Waals surface area contributed by atoms with E-state index in [-0.39, 0.29) is 6.09 Å². The summed E-state index contributed by atoms with van der Waals surface area (Å²) in [6.07, 6.45) is 1.30. The van der Waals surface area contributed by atoms with Crippen molar-refractivity contribution in [2.45, 2.75) is 32.9 Å². The summed E-state index contributed by atoms with van der Waals surface area (Å²) in [6.45, 7) is 6.22. The third-order valence-corrected chi connectivity index (χ3v) is 2.69. The largest absolute Gasteiger partial charge is 0.443 e. The molecule has 20 heavy (non-hydrogen) atoms. The number of hydrogen-bond acceptors (Lipinski definition) is 4. The summed E-state index contributed by atoms with van der Waals surface area (Å²) in [6, 6.07) is 5.79. The fourth-order valence-electron chi connectivity index (χ4n) is 2.04. The highest BCUT2D eigenvalue weighted by Crippen LogP contribution is 2.20. The van der Waals surface area contributed by atoms with Gasteiger partial charge in [0.15, 0.2) is 0 Å². The summed E-state index contributed by atoms with van der Waals surface area (Å²) >= 11 is 0. The van der Waals surface area contributed by atoms with E-state index in [2.05, 4.69) is 4.98 Å². The molecule has 0 aliphatic carbocycles. The van der Waals surface area contributed by atoms with Gasteiger partial charge >= 0.3 is 6.09 Å². The Hall–Kier alpha value is -1.88. The molecule has 2 heterocycles. The van der Waals surface area contributed by atoms with Crippen LogP contribution in [0.15, 0.2) is 24.4 Å². The number of hydrogen-bond donors (Lipinski definition) is 0. The highest BCUT2D eigenvalue weighted by atomic mass is 16.6. The maximum Gasteiger partial charge on any atom is 0.420 e. The third-order valence-electron chi connectivity index (χ3n) is 2.69. The number of carbonyl (C=O) groups is 1. The van der Waals surface area contributed by atoms with Gasteiger partial charge in [0.05, 0.1) is 0 Å². The van der Waals surface area contributed by atoms with Crippen molar-refractivity contribution in [2.75, 3.05) is 14.1 Å². The summed E-state index contributed by atoms with van der Waals surface area (Å²) < 4.78 is 7.03. The van der Waals surface area contributed by atoms with Crippen LogP contribution < -0.4 is 0 Å². The molecule has 5 nitrogen and oxygen atoms in total. The van der Waals surface area contributed by atoms with E-state index in [1.54, 1.807) is 10.8 Å². The van der Waals surface area contributed by atoms with Gasteiger partial charge < -0.3 is 9.64 Å². The Morgan fingerprint density at radius 1 is 1.40 bits per heavy atom. The molecule has 108 valence electrons. The molecule has 0 amide bonds. The number of pyridine rings is 1. The van der Waals surface area contributed by atoms with Gasteiger partial charge in [-0.1, -0.05) is 0 Å². The maximum atomic E-state index is 12.4. The van der Waals surface area contributed by atoms with E-state index in [4.69, 9.17) is 4.74 Å². The molecule has 0 fully saturated rings. The van der Waals surface area contributed by atoms with Gasteiger partial charge in [-0.05, 0) is 53.1 Å². The molecule has 2 rings (SSSR count).